The van der Waals surface area contributed by atoms with E-state index >= 15 is 0 Å². The Bertz CT molecular complexity index is 860. The number of nitrogens with zero attached hydrogens (tertiary/aromatic N) is 2. The molecule has 2 heterocycles. The van der Waals surface area contributed by atoms with Gasteiger partial charge in [0.25, 0.3) is 0 Å². The highest BCUT2D eigenvalue weighted by atomic mass is 15.3. The molecule has 1 aromatic heterocycles. The van der Waals surface area contributed by atoms with Gasteiger partial charge in [0.15, 0.2) is 0 Å². The van der Waals surface area contributed by atoms with Crippen LogP contribution >= 0.6 is 0 Å². The molecule has 0 aliphatic carbocycles. The Hall–Kier alpha value is -2.74. The fourth-order valence-electron chi connectivity index (χ4n) is 3.88. The molecule has 0 amide bonds. The molecule has 2 nitrogen and oxygen atoms in total. The van der Waals surface area contributed by atoms with Gasteiger partial charge in [0.2, 0.25) is 0 Å². The SMILES string of the molecule is Cc1cc(C)c(N2[CH-][n+]3ccccc3C2c2ccccc2)c(C)c1. The van der Waals surface area contributed by atoms with Gasteiger partial charge in [-0.25, -0.2) is 0 Å². The summed E-state index contributed by atoms with van der Waals surface area (Å²) in [6.07, 6.45) is 2.13. The minimum absolute atomic E-state index is 0.201. The van der Waals surface area contributed by atoms with Gasteiger partial charge >= 0.3 is 0 Å². The highest BCUT2D eigenvalue weighted by Crippen LogP contribution is 2.39. The van der Waals surface area contributed by atoms with E-state index in [9.17, 15) is 0 Å². The van der Waals surface area contributed by atoms with E-state index in [4.69, 9.17) is 0 Å². The fourth-order valence-corrected chi connectivity index (χ4v) is 3.88. The Morgan fingerprint density at radius 2 is 1.54 bits per heavy atom. The summed E-state index contributed by atoms with van der Waals surface area (Å²) in [6.45, 7) is 8.80. The molecule has 24 heavy (non-hydrogen) atoms. The van der Waals surface area contributed by atoms with Crippen molar-refractivity contribution in [2.45, 2.75) is 26.8 Å². The highest BCUT2D eigenvalue weighted by Gasteiger charge is 2.33. The normalized spacial score (nSPS) is 16.0. The van der Waals surface area contributed by atoms with E-state index in [0.29, 0.717) is 0 Å². The fraction of sp³-hybridized carbons (Fsp3) is 0.182. The van der Waals surface area contributed by atoms with Gasteiger partial charge in [-0.15, -0.1) is 0 Å². The highest BCUT2D eigenvalue weighted by molar-refractivity contribution is 5.64. The molecule has 0 fully saturated rings. The molecule has 0 bridgehead atoms. The summed E-state index contributed by atoms with van der Waals surface area (Å²) in [5, 5.41) is 0. The van der Waals surface area contributed by atoms with Crippen molar-refractivity contribution in [1.29, 1.82) is 0 Å². The molecule has 1 atom stereocenters. The molecule has 1 unspecified atom stereocenters. The van der Waals surface area contributed by atoms with Crippen molar-refractivity contribution in [3.8, 4) is 0 Å². The van der Waals surface area contributed by atoms with E-state index in [1.54, 1.807) is 0 Å². The predicted octanol–water partition coefficient (Wildman–Crippen LogP) is 4.48. The maximum atomic E-state index is 2.41. The summed E-state index contributed by atoms with van der Waals surface area (Å²) in [6, 6.07) is 21.9. The van der Waals surface area contributed by atoms with Crippen molar-refractivity contribution in [3.05, 3.63) is 101 Å². The van der Waals surface area contributed by atoms with Crippen LogP contribution in [0.5, 0.6) is 0 Å². The van der Waals surface area contributed by atoms with Gasteiger partial charge in [0, 0.05) is 5.69 Å². The molecule has 0 saturated heterocycles. The minimum atomic E-state index is 0.201. The Morgan fingerprint density at radius 1 is 0.875 bits per heavy atom. The minimum Gasteiger partial charge on any atom is -0.341 e. The lowest BCUT2D eigenvalue weighted by Crippen LogP contribution is -2.33. The van der Waals surface area contributed by atoms with Crippen LogP contribution in [0.1, 0.15) is 34.0 Å². The number of aromatic nitrogens is 1. The molecular weight excluding hydrogens is 292 g/mol. The number of anilines is 1. The lowest BCUT2D eigenvalue weighted by molar-refractivity contribution is -0.630. The Morgan fingerprint density at radius 3 is 2.25 bits per heavy atom. The van der Waals surface area contributed by atoms with Crippen LogP contribution in [0.3, 0.4) is 0 Å². The van der Waals surface area contributed by atoms with E-state index in [2.05, 4.69) is 104 Å². The zero-order chi connectivity index (χ0) is 16.7. The third-order valence-electron chi connectivity index (χ3n) is 4.74. The van der Waals surface area contributed by atoms with Crippen LogP contribution in [-0.4, -0.2) is 0 Å². The van der Waals surface area contributed by atoms with Gasteiger partial charge < -0.3 is 9.47 Å². The van der Waals surface area contributed by atoms with Gasteiger partial charge in [0.05, 0.1) is 12.2 Å². The third-order valence-corrected chi connectivity index (χ3v) is 4.74. The smallest absolute Gasteiger partial charge is 0.145 e. The van der Waals surface area contributed by atoms with Crippen molar-refractivity contribution < 1.29 is 4.57 Å². The maximum absolute atomic E-state index is 2.41. The first-order valence-electron chi connectivity index (χ1n) is 8.41. The summed E-state index contributed by atoms with van der Waals surface area (Å²) < 4.78 is 2.23. The second kappa shape index (κ2) is 5.72. The average Bonchev–Trinajstić information content (AvgIpc) is 2.93. The number of hydrogen-bond acceptors (Lipinski definition) is 1. The van der Waals surface area contributed by atoms with Crippen molar-refractivity contribution in [3.63, 3.8) is 0 Å². The van der Waals surface area contributed by atoms with Crippen LogP contribution < -0.4 is 9.47 Å². The lowest BCUT2D eigenvalue weighted by atomic mass is 9.99. The van der Waals surface area contributed by atoms with Crippen molar-refractivity contribution >= 4 is 5.69 Å². The Labute approximate surface area is 144 Å². The topological polar surface area (TPSA) is 7.12 Å². The van der Waals surface area contributed by atoms with Gasteiger partial charge in [-0.3, -0.25) is 0 Å². The predicted molar refractivity (Wildman–Crippen MR) is 97.8 cm³/mol. The van der Waals surface area contributed by atoms with Gasteiger partial charge in [0.1, 0.15) is 12.4 Å². The summed E-state index contributed by atoms with van der Waals surface area (Å²) in [7, 11) is 0. The number of hydrogen-bond donors (Lipinski definition) is 0. The largest absolute Gasteiger partial charge is 0.341 e. The second-order valence-corrected chi connectivity index (χ2v) is 6.62. The molecule has 1 aliphatic heterocycles. The molecule has 120 valence electrons. The zero-order valence-electron chi connectivity index (χ0n) is 14.4. The lowest BCUT2D eigenvalue weighted by Gasteiger charge is -2.29. The maximum Gasteiger partial charge on any atom is 0.145 e. The molecular formula is C22H22N2. The van der Waals surface area contributed by atoms with Crippen LogP contribution in [0.2, 0.25) is 0 Å². The van der Waals surface area contributed by atoms with Gasteiger partial charge in [-0.05, 0) is 37.5 Å². The Kier molecular flexibility index (Phi) is 3.53. The summed E-state index contributed by atoms with van der Waals surface area (Å²) in [4.78, 5) is 2.41. The molecule has 2 aromatic carbocycles. The van der Waals surface area contributed by atoms with Crippen LogP contribution in [0.15, 0.2) is 66.9 Å². The molecule has 0 radical (unpaired) electrons. The monoisotopic (exact) mass is 314 g/mol. The van der Waals surface area contributed by atoms with E-state index in [-0.39, 0.29) is 6.04 Å². The number of aryl methyl sites for hydroxylation is 3. The molecule has 0 N–H and O–H groups in total. The molecule has 0 spiro atoms. The van der Waals surface area contributed by atoms with E-state index in [1.807, 2.05) is 0 Å². The first kappa shape index (κ1) is 14.8. The summed E-state index contributed by atoms with van der Waals surface area (Å²) in [5.74, 6) is 0. The standard InChI is InChI=1S/C22H22N2/c1-16-13-17(2)21(18(3)14-16)24-15-23-12-8-7-11-20(23)22(24)19-9-5-4-6-10-19/h4-15,22H,1-3H3. The van der Waals surface area contributed by atoms with Crippen LogP contribution in [0.4, 0.5) is 5.69 Å². The first-order valence-corrected chi connectivity index (χ1v) is 8.41. The van der Waals surface area contributed by atoms with Gasteiger partial charge in [-0.2, -0.15) is 0 Å². The van der Waals surface area contributed by atoms with Crippen LogP contribution in [-0.2, 0) is 0 Å². The van der Waals surface area contributed by atoms with Crippen LogP contribution in [0, 0.1) is 27.4 Å². The van der Waals surface area contributed by atoms with E-state index < -0.39 is 0 Å². The average molecular weight is 314 g/mol. The zero-order valence-corrected chi connectivity index (χ0v) is 14.4. The molecule has 1 aliphatic rings. The Balaban J connectivity index is 1.90. The van der Waals surface area contributed by atoms with Gasteiger partial charge in [-0.1, -0.05) is 66.2 Å². The molecule has 2 heteroatoms. The number of rotatable bonds is 2. The first-order chi connectivity index (χ1) is 11.6. The molecule has 3 aromatic rings. The number of fused-ring (bicyclic) bond motifs is 1. The van der Waals surface area contributed by atoms with Crippen molar-refractivity contribution in [1.82, 2.24) is 0 Å². The second-order valence-electron chi connectivity index (χ2n) is 6.62. The third kappa shape index (κ3) is 2.35. The van der Waals surface area contributed by atoms with Crippen molar-refractivity contribution in [2.24, 2.45) is 0 Å². The molecule has 0 saturated carbocycles. The summed E-state index contributed by atoms with van der Waals surface area (Å²) >= 11 is 0. The number of benzene rings is 2. The van der Waals surface area contributed by atoms with Crippen molar-refractivity contribution in [2.75, 3.05) is 4.90 Å². The van der Waals surface area contributed by atoms with E-state index in [0.717, 1.165) is 0 Å². The molecule has 4 rings (SSSR count). The van der Waals surface area contributed by atoms with E-state index in [1.165, 1.54) is 33.6 Å². The quantitative estimate of drug-likeness (QED) is 0.500. The summed E-state index contributed by atoms with van der Waals surface area (Å²) in [5.41, 5.74) is 7.86. The number of pyridine rings is 1. The van der Waals surface area contributed by atoms with Crippen LogP contribution in [0.25, 0.3) is 0 Å².